The molecule has 0 aromatic heterocycles. The molecule has 23 heavy (non-hydrogen) atoms. The minimum absolute atomic E-state index is 0.0400. The monoisotopic (exact) mass is 313 g/mol. The van der Waals surface area contributed by atoms with E-state index in [4.69, 9.17) is 0 Å². The summed E-state index contributed by atoms with van der Waals surface area (Å²) in [5.41, 5.74) is 3.69. The van der Waals surface area contributed by atoms with Crippen molar-refractivity contribution in [2.45, 2.75) is 19.4 Å². The van der Waals surface area contributed by atoms with Crippen molar-refractivity contribution < 1.29 is 15.0 Å². The van der Waals surface area contributed by atoms with E-state index in [0.717, 1.165) is 5.69 Å². The van der Waals surface area contributed by atoms with Gasteiger partial charge in [0.15, 0.2) is 0 Å². The number of nitrogens with one attached hydrogen (secondary N) is 2. The van der Waals surface area contributed by atoms with Crippen LogP contribution in [0.25, 0.3) is 0 Å². The number of rotatable bonds is 6. The van der Waals surface area contributed by atoms with E-state index in [1.165, 1.54) is 24.4 Å². The fourth-order valence-electron chi connectivity index (χ4n) is 1.97. The van der Waals surface area contributed by atoms with E-state index < -0.39 is 6.04 Å². The van der Waals surface area contributed by atoms with Crippen LogP contribution in [0, 0.1) is 0 Å². The van der Waals surface area contributed by atoms with Gasteiger partial charge in [-0.25, -0.2) is 5.43 Å². The summed E-state index contributed by atoms with van der Waals surface area (Å²) >= 11 is 0. The Morgan fingerprint density at radius 2 is 1.96 bits per heavy atom. The van der Waals surface area contributed by atoms with Gasteiger partial charge in [0.05, 0.1) is 6.21 Å². The molecule has 0 fully saturated rings. The zero-order valence-electron chi connectivity index (χ0n) is 12.7. The van der Waals surface area contributed by atoms with Crippen LogP contribution < -0.4 is 10.7 Å². The number of aromatic hydroxyl groups is 2. The Labute approximate surface area is 134 Å². The first-order valence-electron chi connectivity index (χ1n) is 7.26. The lowest BCUT2D eigenvalue weighted by molar-refractivity contribution is -0.121. The van der Waals surface area contributed by atoms with Gasteiger partial charge in [0.1, 0.15) is 17.5 Å². The Morgan fingerprint density at radius 3 is 2.61 bits per heavy atom. The van der Waals surface area contributed by atoms with Crippen LogP contribution in [0.4, 0.5) is 5.69 Å². The number of hydrazone groups is 1. The topological polar surface area (TPSA) is 94.0 Å². The van der Waals surface area contributed by atoms with Gasteiger partial charge in [0.2, 0.25) is 0 Å². The Hall–Kier alpha value is -3.02. The van der Waals surface area contributed by atoms with Gasteiger partial charge < -0.3 is 15.5 Å². The van der Waals surface area contributed by atoms with E-state index in [-0.39, 0.29) is 17.4 Å². The summed E-state index contributed by atoms with van der Waals surface area (Å²) in [6, 6.07) is 13.2. The Kier molecular flexibility index (Phi) is 5.57. The molecule has 120 valence electrons. The van der Waals surface area contributed by atoms with Gasteiger partial charge in [-0.3, -0.25) is 4.79 Å². The van der Waals surface area contributed by atoms with Crippen molar-refractivity contribution in [3.8, 4) is 11.5 Å². The van der Waals surface area contributed by atoms with Gasteiger partial charge in [-0.15, -0.1) is 0 Å². The lowest BCUT2D eigenvalue weighted by atomic mass is 10.2. The van der Waals surface area contributed by atoms with E-state index in [1.54, 1.807) is 0 Å². The summed E-state index contributed by atoms with van der Waals surface area (Å²) < 4.78 is 0. The lowest BCUT2D eigenvalue weighted by Gasteiger charge is -2.16. The average Bonchev–Trinajstić information content (AvgIpc) is 2.55. The van der Waals surface area contributed by atoms with Crippen LogP contribution in [0.3, 0.4) is 0 Å². The highest BCUT2D eigenvalue weighted by molar-refractivity contribution is 5.88. The molecule has 2 aromatic carbocycles. The highest BCUT2D eigenvalue weighted by Gasteiger charge is 2.15. The molecule has 6 heteroatoms. The molecular weight excluding hydrogens is 294 g/mol. The Balaban J connectivity index is 1.95. The molecule has 0 bridgehead atoms. The Bertz CT molecular complexity index is 687. The zero-order chi connectivity index (χ0) is 16.7. The third-order valence-corrected chi connectivity index (χ3v) is 3.23. The highest BCUT2D eigenvalue weighted by Crippen LogP contribution is 2.20. The summed E-state index contributed by atoms with van der Waals surface area (Å²) in [5, 5.41) is 25.8. The number of carbonyl (C=O) groups is 1. The van der Waals surface area contributed by atoms with Crippen molar-refractivity contribution in [3.05, 3.63) is 54.1 Å². The first-order chi connectivity index (χ1) is 11.1. The number of carbonyl (C=O) groups excluding carboxylic acids is 1. The van der Waals surface area contributed by atoms with Crippen molar-refractivity contribution in [1.82, 2.24) is 5.43 Å². The summed E-state index contributed by atoms with van der Waals surface area (Å²) in [6.45, 7) is 1.90. The van der Waals surface area contributed by atoms with Gasteiger partial charge in [-0.1, -0.05) is 25.1 Å². The van der Waals surface area contributed by atoms with E-state index in [1.807, 2.05) is 37.3 Å². The first kappa shape index (κ1) is 16.4. The van der Waals surface area contributed by atoms with Crippen molar-refractivity contribution in [2.75, 3.05) is 5.32 Å². The second kappa shape index (κ2) is 7.84. The van der Waals surface area contributed by atoms with Crippen LogP contribution in [0.2, 0.25) is 0 Å². The average molecular weight is 313 g/mol. The minimum Gasteiger partial charge on any atom is -0.508 e. The molecule has 0 aliphatic heterocycles. The fraction of sp³-hybridized carbons (Fsp3) is 0.176. The third kappa shape index (κ3) is 4.74. The number of phenols is 2. The number of hydrogen-bond donors (Lipinski definition) is 4. The van der Waals surface area contributed by atoms with Crippen LogP contribution in [0.5, 0.6) is 11.5 Å². The molecule has 0 radical (unpaired) electrons. The summed E-state index contributed by atoms with van der Waals surface area (Å²) in [6.07, 6.45) is 1.92. The number of benzene rings is 2. The van der Waals surface area contributed by atoms with Gasteiger partial charge in [-0.2, -0.15) is 5.10 Å². The highest BCUT2D eigenvalue weighted by atomic mass is 16.3. The third-order valence-electron chi connectivity index (χ3n) is 3.23. The van der Waals surface area contributed by atoms with E-state index in [2.05, 4.69) is 15.8 Å². The molecular formula is C17H19N3O3. The largest absolute Gasteiger partial charge is 0.508 e. The smallest absolute Gasteiger partial charge is 0.262 e. The van der Waals surface area contributed by atoms with Gasteiger partial charge in [-0.05, 0) is 30.7 Å². The molecule has 0 aliphatic carbocycles. The second-order valence-electron chi connectivity index (χ2n) is 4.95. The summed E-state index contributed by atoms with van der Waals surface area (Å²) in [7, 11) is 0. The van der Waals surface area contributed by atoms with Crippen LogP contribution in [0.15, 0.2) is 53.6 Å². The van der Waals surface area contributed by atoms with Gasteiger partial charge >= 0.3 is 0 Å². The van der Waals surface area contributed by atoms with Gasteiger partial charge in [0.25, 0.3) is 5.91 Å². The maximum Gasteiger partial charge on any atom is 0.262 e. The van der Waals surface area contributed by atoms with Crippen molar-refractivity contribution in [2.24, 2.45) is 5.10 Å². The lowest BCUT2D eigenvalue weighted by Crippen LogP contribution is -2.36. The summed E-state index contributed by atoms with van der Waals surface area (Å²) in [5.74, 6) is -0.426. The van der Waals surface area contributed by atoms with Crippen LogP contribution in [0.1, 0.15) is 18.9 Å². The zero-order valence-corrected chi connectivity index (χ0v) is 12.7. The predicted molar refractivity (Wildman–Crippen MR) is 89.7 cm³/mol. The first-order valence-corrected chi connectivity index (χ1v) is 7.26. The molecule has 1 amide bonds. The molecule has 2 rings (SSSR count). The van der Waals surface area contributed by atoms with Gasteiger partial charge in [0, 0.05) is 17.3 Å². The van der Waals surface area contributed by atoms with Crippen molar-refractivity contribution in [1.29, 1.82) is 0 Å². The number of nitrogens with zero attached hydrogens (tertiary/aromatic N) is 1. The quantitative estimate of drug-likeness (QED) is 0.487. The van der Waals surface area contributed by atoms with Crippen LogP contribution >= 0.6 is 0 Å². The summed E-state index contributed by atoms with van der Waals surface area (Å²) in [4.78, 5) is 12.1. The minimum atomic E-state index is -0.414. The predicted octanol–water partition coefficient (Wildman–Crippen LogP) is 2.44. The number of anilines is 1. The molecule has 0 heterocycles. The molecule has 0 saturated carbocycles. The van der Waals surface area contributed by atoms with Crippen LogP contribution in [-0.2, 0) is 4.79 Å². The maximum absolute atomic E-state index is 12.1. The van der Waals surface area contributed by atoms with Crippen LogP contribution in [-0.4, -0.2) is 28.4 Å². The number of hydrogen-bond acceptors (Lipinski definition) is 5. The molecule has 2 aromatic rings. The van der Waals surface area contributed by atoms with E-state index in [9.17, 15) is 15.0 Å². The normalized spacial score (nSPS) is 12.0. The van der Waals surface area contributed by atoms with Crippen molar-refractivity contribution >= 4 is 17.8 Å². The molecule has 0 unspecified atom stereocenters. The second-order valence-corrected chi connectivity index (χ2v) is 4.95. The molecule has 0 aliphatic rings. The van der Waals surface area contributed by atoms with Crippen molar-refractivity contribution in [3.63, 3.8) is 0 Å². The SMILES string of the molecule is CC[C@@H](Nc1ccccc1)C(=O)N/N=C/c1ccc(O)cc1O. The van der Waals surface area contributed by atoms with E-state index >= 15 is 0 Å². The molecule has 6 nitrogen and oxygen atoms in total. The molecule has 0 spiro atoms. The number of amides is 1. The molecule has 0 saturated heterocycles. The number of phenolic OH excluding ortho intramolecular Hbond substituents is 2. The fourth-order valence-corrected chi connectivity index (χ4v) is 1.97. The molecule has 1 atom stereocenters. The Morgan fingerprint density at radius 1 is 1.22 bits per heavy atom. The number of para-hydroxylation sites is 1. The van der Waals surface area contributed by atoms with E-state index in [0.29, 0.717) is 12.0 Å². The standard InChI is InChI=1S/C17H19N3O3/c1-2-15(19-13-6-4-3-5-7-13)17(23)20-18-11-12-8-9-14(21)10-16(12)22/h3-11,15,19,21-22H,2H2,1H3,(H,20,23)/b18-11+/t15-/m1/s1. The maximum atomic E-state index is 12.1. The molecule has 4 N–H and O–H groups in total.